The van der Waals surface area contributed by atoms with Crippen molar-refractivity contribution in [2.24, 2.45) is 4.99 Å². The molecule has 0 aromatic heterocycles. The van der Waals surface area contributed by atoms with Crippen molar-refractivity contribution in [3.8, 4) is 0 Å². The third kappa shape index (κ3) is 4.16. The highest BCUT2D eigenvalue weighted by molar-refractivity contribution is 8.14. The summed E-state index contributed by atoms with van der Waals surface area (Å²) in [7, 11) is 0. The molecule has 24 heavy (non-hydrogen) atoms. The van der Waals surface area contributed by atoms with Gasteiger partial charge in [0, 0.05) is 28.6 Å². The summed E-state index contributed by atoms with van der Waals surface area (Å²) in [4.78, 5) is 19.0. The summed E-state index contributed by atoms with van der Waals surface area (Å²) in [6, 6.07) is 12.9. The van der Waals surface area contributed by atoms with Gasteiger partial charge in [0.15, 0.2) is 11.0 Å². The van der Waals surface area contributed by atoms with Gasteiger partial charge in [-0.15, -0.1) is 0 Å². The number of aliphatic imine (C=N–C) groups is 1. The lowest BCUT2D eigenvalue weighted by Gasteiger charge is -2.27. The molecule has 0 radical (unpaired) electrons. The van der Waals surface area contributed by atoms with Gasteiger partial charge in [0.25, 0.3) is 0 Å². The number of ketones is 1. The van der Waals surface area contributed by atoms with Gasteiger partial charge in [0.1, 0.15) is 5.82 Å². The number of anilines is 1. The summed E-state index contributed by atoms with van der Waals surface area (Å²) in [5, 5.41) is 1.47. The van der Waals surface area contributed by atoms with E-state index in [1.165, 1.54) is 24.3 Å². The smallest absolute Gasteiger partial charge is 0.182 e. The third-order valence-corrected chi connectivity index (χ3v) is 4.97. The summed E-state index contributed by atoms with van der Waals surface area (Å²) in [6.45, 7) is 0.913. The van der Waals surface area contributed by atoms with Crippen molar-refractivity contribution < 1.29 is 9.18 Å². The lowest BCUT2D eigenvalue weighted by Crippen LogP contribution is -2.35. The maximum atomic E-state index is 13.0. The molecule has 6 heteroatoms. The fourth-order valence-corrected chi connectivity index (χ4v) is 3.46. The van der Waals surface area contributed by atoms with Crippen molar-refractivity contribution >= 4 is 40.0 Å². The number of halogens is 2. The van der Waals surface area contributed by atoms with Crippen LogP contribution < -0.4 is 4.90 Å². The quantitative estimate of drug-likeness (QED) is 0.741. The van der Waals surface area contributed by atoms with E-state index in [4.69, 9.17) is 11.6 Å². The summed E-state index contributed by atoms with van der Waals surface area (Å²) in [6.07, 6.45) is 1.04. The van der Waals surface area contributed by atoms with Gasteiger partial charge in [-0.25, -0.2) is 4.39 Å². The largest absolute Gasteiger partial charge is 0.313 e. The second-order valence-corrected chi connectivity index (χ2v) is 6.86. The summed E-state index contributed by atoms with van der Waals surface area (Å²) < 4.78 is 13.0. The molecule has 0 amide bonds. The molecule has 1 aliphatic rings. The van der Waals surface area contributed by atoms with Crippen LogP contribution in [0, 0.1) is 5.82 Å². The SMILES string of the molecule is O=C(CN(C1=NCCCS1)c1ccc(Cl)cc1)c1ccc(F)cc1. The Morgan fingerprint density at radius 1 is 1.17 bits per heavy atom. The lowest BCUT2D eigenvalue weighted by molar-refractivity contribution is 0.100. The van der Waals surface area contributed by atoms with Gasteiger partial charge < -0.3 is 4.90 Å². The molecule has 2 aromatic rings. The van der Waals surface area contributed by atoms with Crippen LogP contribution in [-0.2, 0) is 0 Å². The van der Waals surface area contributed by atoms with Gasteiger partial charge in [0.05, 0.1) is 6.54 Å². The molecule has 0 bridgehead atoms. The fraction of sp³-hybridized carbons (Fsp3) is 0.222. The predicted molar refractivity (Wildman–Crippen MR) is 98.9 cm³/mol. The van der Waals surface area contributed by atoms with Crippen molar-refractivity contribution in [3.05, 3.63) is 64.9 Å². The van der Waals surface area contributed by atoms with E-state index < -0.39 is 0 Å². The monoisotopic (exact) mass is 362 g/mol. The summed E-state index contributed by atoms with van der Waals surface area (Å²) >= 11 is 7.60. The van der Waals surface area contributed by atoms with Crippen LogP contribution in [0.25, 0.3) is 0 Å². The molecule has 1 heterocycles. The van der Waals surface area contributed by atoms with Crippen molar-refractivity contribution in [1.29, 1.82) is 0 Å². The van der Waals surface area contributed by atoms with Crippen LogP contribution >= 0.6 is 23.4 Å². The number of benzene rings is 2. The molecular weight excluding hydrogens is 347 g/mol. The van der Waals surface area contributed by atoms with Crippen LogP contribution in [0.5, 0.6) is 0 Å². The van der Waals surface area contributed by atoms with E-state index in [-0.39, 0.29) is 18.1 Å². The first-order valence-electron chi connectivity index (χ1n) is 7.62. The molecule has 2 aromatic carbocycles. The molecule has 3 rings (SSSR count). The topological polar surface area (TPSA) is 32.7 Å². The van der Waals surface area contributed by atoms with Crippen LogP contribution in [0.3, 0.4) is 0 Å². The Morgan fingerprint density at radius 3 is 2.50 bits per heavy atom. The number of nitrogens with zero attached hydrogens (tertiary/aromatic N) is 2. The molecule has 3 nitrogen and oxygen atoms in total. The molecule has 0 spiro atoms. The van der Waals surface area contributed by atoms with E-state index in [0.29, 0.717) is 10.6 Å². The highest BCUT2D eigenvalue weighted by Crippen LogP contribution is 2.24. The van der Waals surface area contributed by atoms with E-state index in [1.807, 2.05) is 17.0 Å². The van der Waals surface area contributed by atoms with Gasteiger partial charge in [-0.05, 0) is 55.0 Å². The highest BCUT2D eigenvalue weighted by atomic mass is 35.5. The van der Waals surface area contributed by atoms with Gasteiger partial charge >= 0.3 is 0 Å². The number of carbonyl (C=O) groups is 1. The predicted octanol–water partition coefficient (Wildman–Crippen LogP) is 4.66. The number of amidine groups is 1. The minimum absolute atomic E-state index is 0.0844. The van der Waals surface area contributed by atoms with Crippen LogP contribution in [0.2, 0.25) is 5.02 Å². The van der Waals surface area contributed by atoms with Crippen molar-refractivity contribution in [1.82, 2.24) is 0 Å². The number of carbonyl (C=O) groups excluding carboxylic acids is 1. The Morgan fingerprint density at radius 2 is 1.88 bits per heavy atom. The average Bonchev–Trinajstić information content (AvgIpc) is 2.62. The maximum Gasteiger partial charge on any atom is 0.182 e. The van der Waals surface area contributed by atoms with Crippen molar-refractivity contribution in [2.75, 3.05) is 23.7 Å². The maximum absolute atomic E-state index is 13.0. The standard InChI is InChI=1S/C18H16ClFN2OS/c19-14-4-8-16(9-5-14)22(18-21-10-1-11-24-18)12-17(23)13-2-6-15(20)7-3-13/h2-9H,1,10-12H2. The molecule has 0 fully saturated rings. The molecule has 0 saturated carbocycles. The molecule has 0 saturated heterocycles. The van der Waals surface area contributed by atoms with E-state index in [2.05, 4.69) is 4.99 Å². The van der Waals surface area contributed by atoms with E-state index >= 15 is 0 Å². The number of hydrogen-bond donors (Lipinski definition) is 0. The number of thioether (sulfide) groups is 1. The third-order valence-electron chi connectivity index (χ3n) is 3.62. The zero-order valence-electron chi connectivity index (χ0n) is 12.9. The van der Waals surface area contributed by atoms with Gasteiger partial charge in [0.2, 0.25) is 0 Å². The molecule has 124 valence electrons. The van der Waals surface area contributed by atoms with Crippen LogP contribution in [-0.4, -0.2) is 29.8 Å². The molecule has 0 aliphatic carbocycles. The summed E-state index contributed by atoms with van der Waals surface area (Å²) in [5.41, 5.74) is 1.35. The van der Waals surface area contributed by atoms with Gasteiger partial charge in [-0.3, -0.25) is 9.79 Å². The Labute approximate surface area is 149 Å². The molecule has 0 unspecified atom stereocenters. The van der Waals surface area contributed by atoms with Crippen molar-refractivity contribution in [3.63, 3.8) is 0 Å². The zero-order valence-corrected chi connectivity index (χ0v) is 14.5. The van der Waals surface area contributed by atoms with E-state index in [9.17, 15) is 9.18 Å². The lowest BCUT2D eigenvalue weighted by atomic mass is 10.1. The normalized spacial score (nSPS) is 14.2. The first-order valence-corrected chi connectivity index (χ1v) is 8.99. The number of Topliss-reactive ketones (excluding diaryl/α,β-unsaturated/α-hetero) is 1. The average molecular weight is 363 g/mol. The van der Waals surface area contributed by atoms with Crippen molar-refractivity contribution in [2.45, 2.75) is 6.42 Å². The van der Waals surface area contributed by atoms with Crippen LogP contribution in [0.1, 0.15) is 16.8 Å². The number of hydrogen-bond acceptors (Lipinski definition) is 4. The van der Waals surface area contributed by atoms with E-state index in [1.54, 1.807) is 23.9 Å². The summed E-state index contributed by atoms with van der Waals surface area (Å²) in [5.74, 6) is 0.542. The first kappa shape index (κ1) is 17.0. The van der Waals surface area contributed by atoms with Crippen LogP contribution in [0.4, 0.5) is 10.1 Å². The second-order valence-electron chi connectivity index (χ2n) is 5.36. The Balaban J connectivity index is 1.86. The first-order chi connectivity index (χ1) is 11.6. The molecule has 0 atom stereocenters. The minimum Gasteiger partial charge on any atom is -0.313 e. The Hall–Kier alpha value is -1.85. The van der Waals surface area contributed by atoms with E-state index in [0.717, 1.165) is 29.6 Å². The highest BCUT2D eigenvalue weighted by Gasteiger charge is 2.20. The zero-order chi connectivity index (χ0) is 16.9. The molecular formula is C18H16ClFN2OS. The van der Waals surface area contributed by atoms with Crippen LogP contribution in [0.15, 0.2) is 53.5 Å². The Bertz CT molecular complexity index is 747. The second kappa shape index (κ2) is 7.81. The fourth-order valence-electron chi connectivity index (χ4n) is 2.37. The van der Waals surface area contributed by atoms with Gasteiger partial charge in [-0.2, -0.15) is 0 Å². The number of rotatable bonds is 4. The minimum atomic E-state index is -0.353. The molecule has 0 N–H and O–H groups in total. The van der Waals surface area contributed by atoms with Gasteiger partial charge in [-0.1, -0.05) is 23.4 Å². The molecule has 1 aliphatic heterocycles. The Kier molecular flexibility index (Phi) is 5.53.